The summed E-state index contributed by atoms with van der Waals surface area (Å²) >= 11 is 0. The fourth-order valence-electron chi connectivity index (χ4n) is 3.57. The van der Waals surface area contributed by atoms with Gasteiger partial charge >= 0.3 is 0 Å². The Morgan fingerprint density at radius 2 is 1.97 bits per heavy atom. The highest BCUT2D eigenvalue weighted by Crippen LogP contribution is 2.37. The summed E-state index contributed by atoms with van der Waals surface area (Å²) < 4.78 is 28.0. The van der Waals surface area contributed by atoms with Crippen molar-refractivity contribution in [1.82, 2.24) is 9.78 Å². The SMILES string of the molecule is Cn1cc(-c2ccc(CN(C=O)c3ccccc3C3(C)OCCO3)c(F)c2)cn1. The lowest BCUT2D eigenvalue weighted by atomic mass is 10.0. The molecule has 1 fully saturated rings. The summed E-state index contributed by atoms with van der Waals surface area (Å²) in [5.74, 6) is -1.31. The summed E-state index contributed by atoms with van der Waals surface area (Å²) in [5.41, 5.74) is 3.34. The van der Waals surface area contributed by atoms with Gasteiger partial charge in [0.15, 0.2) is 5.79 Å². The number of aromatic nitrogens is 2. The molecule has 1 aliphatic rings. The number of halogens is 1. The maximum Gasteiger partial charge on any atom is 0.214 e. The molecule has 1 aromatic heterocycles. The van der Waals surface area contributed by atoms with Crippen LogP contribution in [0.25, 0.3) is 11.1 Å². The Hall–Kier alpha value is -3.03. The van der Waals surface area contributed by atoms with Crippen LogP contribution in [-0.2, 0) is 33.6 Å². The highest BCUT2D eigenvalue weighted by molar-refractivity contribution is 5.77. The van der Waals surface area contributed by atoms with Gasteiger partial charge in [0, 0.05) is 29.9 Å². The molecule has 1 aliphatic heterocycles. The lowest BCUT2D eigenvalue weighted by Crippen LogP contribution is -2.29. The van der Waals surface area contributed by atoms with Crippen LogP contribution in [0.5, 0.6) is 0 Å². The van der Waals surface area contributed by atoms with Gasteiger partial charge in [-0.1, -0.05) is 30.3 Å². The topological polar surface area (TPSA) is 56.6 Å². The predicted octanol–water partition coefficient (Wildman–Crippen LogP) is 3.61. The molecule has 2 heterocycles. The minimum Gasteiger partial charge on any atom is -0.344 e. The molecule has 3 aromatic rings. The Kier molecular flexibility index (Phi) is 5.17. The van der Waals surface area contributed by atoms with Gasteiger partial charge in [-0.25, -0.2) is 4.39 Å². The van der Waals surface area contributed by atoms with Crippen molar-refractivity contribution in [3.05, 3.63) is 71.8 Å². The number of aryl methyl sites for hydroxylation is 1. The second-order valence-corrected chi connectivity index (χ2v) is 7.10. The minimum absolute atomic E-state index is 0.0930. The quantitative estimate of drug-likeness (QED) is 0.599. The number of carbonyl (C=O) groups excluding carboxylic acids is 1. The highest BCUT2D eigenvalue weighted by Gasteiger charge is 2.36. The van der Waals surface area contributed by atoms with Crippen LogP contribution in [0.1, 0.15) is 18.1 Å². The number of amides is 1. The van der Waals surface area contributed by atoms with Crippen molar-refractivity contribution in [2.24, 2.45) is 7.05 Å². The van der Waals surface area contributed by atoms with Crippen LogP contribution in [0.2, 0.25) is 0 Å². The third-order valence-electron chi connectivity index (χ3n) is 5.10. The zero-order valence-electron chi connectivity index (χ0n) is 16.3. The normalized spacial score (nSPS) is 15.4. The number of anilines is 1. The van der Waals surface area contributed by atoms with Crippen molar-refractivity contribution in [2.45, 2.75) is 19.3 Å². The Labute approximate surface area is 168 Å². The van der Waals surface area contributed by atoms with Gasteiger partial charge in [-0.3, -0.25) is 9.48 Å². The first-order valence-electron chi connectivity index (χ1n) is 9.37. The number of nitrogens with zero attached hydrogens (tertiary/aromatic N) is 3. The molecule has 1 saturated heterocycles. The first-order valence-corrected chi connectivity index (χ1v) is 9.37. The molecule has 2 aromatic carbocycles. The van der Waals surface area contributed by atoms with E-state index in [1.807, 2.05) is 50.5 Å². The van der Waals surface area contributed by atoms with Crippen LogP contribution in [0.15, 0.2) is 54.9 Å². The highest BCUT2D eigenvalue weighted by atomic mass is 19.1. The van der Waals surface area contributed by atoms with E-state index in [1.54, 1.807) is 16.9 Å². The molecule has 0 atom stereocenters. The summed E-state index contributed by atoms with van der Waals surface area (Å²) in [5, 5.41) is 4.12. The number of rotatable bonds is 6. The fraction of sp³-hybridized carbons (Fsp3) is 0.273. The first kappa shape index (κ1) is 19.3. The number of hydrogen-bond donors (Lipinski definition) is 0. The van der Waals surface area contributed by atoms with Crippen LogP contribution >= 0.6 is 0 Å². The summed E-state index contributed by atoms with van der Waals surface area (Å²) in [6, 6.07) is 12.3. The van der Waals surface area contributed by atoms with Gasteiger partial charge in [0.2, 0.25) is 6.41 Å². The third-order valence-corrected chi connectivity index (χ3v) is 5.10. The molecule has 0 N–H and O–H groups in total. The standard InChI is InChI=1S/C22H22FN3O3/c1-22(28-9-10-29-22)19-5-3-4-6-21(19)26(15-27)14-17-8-7-16(11-20(17)23)18-12-24-25(2)13-18/h3-8,11-13,15H,9-10,14H2,1-2H3. The van der Waals surface area contributed by atoms with Gasteiger partial charge in [0.05, 0.1) is 31.6 Å². The maximum absolute atomic E-state index is 14.8. The zero-order chi connectivity index (χ0) is 20.4. The Morgan fingerprint density at radius 3 is 2.62 bits per heavy atom. The molecule has 1 amide bonds. The summed E-state index contributed by atoms with van der Waals surface area (Å²) in [6.07, 6.45) is 4.21. The average molecular weight is 395 g/mol. The maximum atomic E-state index is 14.8. The predicted molar refractivity (Wildman–Crippen MR) is 107 cm³/mol. The third kappa shape index (κ3) is 3.79. The second kappa shape index (κ2) is 7.77. The molecule has 150 valence electrons. The van der Waals surface area contributed by atoms with Crippen molar-refractivity contribution in [2.75, 3.05) is 18.1 Å². The van der Waals surface area contributed by atoms with E-state index in [2.05, 4.69) is 5.10 Å². The first-order chi connectivity index (χ1) is 14.0. The van der Waals surface area contributed by atoms with Crippen LogP contribution in [-0.4, -0.2) is 29.4 Å². The van der Waals surface area contributed by atoms with E-state index in [0.717, 1.165) is 16.7 Å². The largest absolute Gasteiger partial charge is 0.344 e. The Balaban J connectivity index is 1.63. The number of carbonyl (C=O) groups is 1. The average Bonchev–Trinajstić information content (AvgIpc) is 3.36. The Morgan fingerprint density at radius 1 is 1.21 bits per heavy atom. The van der Waals surface area contributed by atoms with Crippen molar-refractivity contribution >= 4 is 12.1 Å². The number of hydrogen-bond acceptors (Lipinski definition) is 4. The smallest absolute Gasteiger partial charge is 0.214 e. The van der Waals surface area contributed by atoms with Crippen LogP contribution in [0.3, 0.4) is 0 Å². The van der Waals surface area contributed by atoms with E-state index in [9.17, 15) is 9.18 Å². The molecule has 0 spiro atoms. The molecule has 29 heavy (non-hydrogen) atoms. The van der Waals surface area contributed by atoms with Gasteiger partial charge in [0.1, 0.15) is 5.82 Å². The fourth-order valence-corrected chi connectivity index (χ4v) is 3.57. The van der Waals surface area contributed by atoms with Crippen LogP contribution in [0, 0.1) is 5.82 Å². The van der Waals surface area contributed by atoms with E-state index in [0.29, 0.717) is 30.9 Å². The second-order valence-electron chi connectivity index (χ2n) is 7.10. The molecular formula is C22H22FN3O3. The molecule has 0 radical (unpaired) electrons. The van der Waals surface area contributed by atoms with Crippen molar-refractivity contribution in [3.8, 4) is 11.1 Å². The van der Waals surface area contributed by atoms with Crippen molar-refractivity contribution < 1.29 is 18.7 Å². The molecule has 4 rings (SSSR count). The van der Waals surface area contributed by atoms with Gasteiger partial charge in [0.25, 0.3) is 0 Å². The lowest BCUT2D eigenvalue weighted by Gasteiger charge is -2.29. The molecular weight excluding hydrogens is 373 g/mol. The van der Waals surface area contributed by atoms with Crippen LogP contribution in [0.4, 0.5) is 10.1 Å². The Bertz CT molecular complexity index is 1030. The van der Waals surface area contributed by atoms with Gasteiger partial charge in [-0.2, -0.15) is 5.10 Å². The number of para-hydroxylation sites is 1. The zero-order valence-corrected chi connectivity index (χ0v) is 16.3. The van der Waals surface area contributed by atoms with Crippen molar-refractivity contribution in [3.63, 3.8) is 0 Å². The molecule has 6 nitrogen and oxygen atoms in total. The minimum atomic E-state index is -0.930. The molecule has 0 aliphatic carbocycles. The summed E-state index contributed by atoms with van der Waals surface area (Å²) in [7, 11) is 1.81. The monoisotopic (exact) mass is 395 g/mol. The molecule has 0 bridgehead atoms. The van der Waals surface area contributed by atoms with Gasteiger partial charge in [-0.15, -0.1) is 0 Å². The van der Waals surface area contributed by atoms with E-state index in [1.165, 1.54) is 11.0 Å². The summed E-state index contributed by atoms with van der Waals surface area (Å²) in [4.78, 5) is 13.4. The van der Waals surface area contributed by atoms with E-state index in [-0.39, 0.29) is 12.4 Å². The molecule has 7 heteroatoms. The van der Waals surface area contributed by atoms with Gasteiger partial charge in [-0.05, 0) is 24.6 Å². The van der Waals surface area contributed by atoms with Crippen molar-refractivity contribution in [1.29, 1.82) is 0 Å². The summed E-state index contributed by atoms with van der Waals surface area (Å²) in [6.45, 7) is 2.88. The lowest BCUT2D eigenvalue weighted by molar-refractivity contribution is -0.149. The number of benzene rings is 2. The van der Waals surface area contributed by atoms with Gasteiger partial charge < -0.3 is 14.4 Å². The van der Waals surface area contributed by atoms with Crippen LogP contribution < -0.4 is 4.90 Å². The van der Waals surface area contributed by atoms with E-state index in [4.69, 9.17) is 9.47 Å². The molecule has 0 unspecified atom stereocenters. The van der Waals surface area contributed by atoms with E-state index < -0.39 is 5.79 Å². The van der Waals surface area contributed by atoms with E-state index >= 15 is 0 Å². The molecule has 0 saturated carbocycles. The number of ether oxygens (including phenoxy) is 2.